The summed E-state index contributed by atoms with van der Waals surface area (Å²) >= 11 is 5.81. The van der Waals surface area contributed by atoms with Crippen LogP contribution in [0.15, 0.2) is 44.4 Å². The Labute approximate surface area is 154 Å². The van der Waals surface area contributed by atoms with Crippen molar-refractivity contribution >= 4 is 11.6 Å². The molecule has 0 fully saturated rings. The Balaban J connectivity index is 1.82. The molecule has 9 heteroatoms. The third-order valence-electron chi connectivity index (χ3n) is 3.95. The zero-order valence-electron chi connectivity index (χ0n) is 15.1. The standard InChI is InChI=1S/C17H17ClN4O4/c1-10-7-16(24)22(17(25)21(10)2)9-15-19-14(20-26-15)8-13(23)11-3-5-12(18)6-4-11/h3-7,13,23H,8-9H2,1-2H3/t13-/m0/s1/i13D. The van der Waals surface area contributed by atoms with Crippen LogP contribution in [0.3, 0.4) is 0 Å². The van der Waals surface area contributed by atoms with Crippen molar-refractivity contribution in [3.8, 4) is 0 Å². The molecule has 136 valence electrons. The molecule has 0 bridgehead atoms. The van der Waals surface area contributed by atoms with Gasteiger partial charge in [-0.15, -0.1) is 0 Å². The first-order valence-corrected chi connectivity index (χ1v) is 8.12. The zero-order chi connectivity index (χ0) is 19.8. The van der Waals surface area contributed by atoms with E-state index in [-0.39, 0.29) is 24.7 Å². The van der Waals surface area contributed by atoms with E-state index in [1.807, 2.05) is 0 Å². The number of aromatic nitrogens is 4. The molecule has 0 aliphatic heterocycles. The number of rotatable bonds is 5. The molecule has 0 amide bonds. The van der Waals surface area contributed by atoms with Crippen LogP contribution in [-0.2, 0) is 20.0 Å². The minimum absolute atomic E-state index is 0.0277. The fourth-order valence-corrected chi connectivity index (χ4v) is 2.51. The highest BCUT2D eigenvalue weighted by Gasteiger charge is 2.15. The molecule has 1 atom stereocenters. The minimum Gasteiger partial charge on any atom is -0.388 e. The molecule has 8 nitrogen and oxygen atoms in total. The Morgan fingerprint density at radius 3 is 2.73 bits per heavy atom. The molecule has 0 aliphatic rings. The summed E-state index contributed by atoms with van der Waals surface area (Å²) in [7, 11) is 1.55. The zero-order valence-corrected chi connectivity index (χ0v) is 14.9. The Kier molecular flexibility index (Phi) is 4.68. The van der Waals surface area contributed by atoms with E-state index in [2.05, 4.69) is 10.1 Å². The molecule has 3 rings (SSSR count). The van der Waals surface area contributed by atoms with Gasteiger partial charge in [-0.25, -0.2) is 4.79 Å². The molecule has 0 unspecified atom stereocenters. The number of hydrogen-bond acceptors (Lipinski definition) is 6. The Hall–Kier alpha value is -2.71. The van der Waals surface area contributed by atoms with Gasteiger partial charge in [-0.05, 0) is 24.6 Å². The van der Waals surface area contributed by atoms with Crippen LogP contribution in [0.25, 0.3) is 0 Å². The Bertz CT molecular complexity index is 1090. The number of halogens is 1. The van der Waals surface area contributed by atoms with Gasteiger partial charge in [0.25, 0.3) is 5.56 Å². The Morgan fingerprint density at radius 2 is 2.04 bits per heavy atom. The van der Waals surface area contributed by atoms with Crippen molar-refractivity contribution in [3.63, 3.8) is 0 Å². The van der Waals surface area contributed by atoms with Crippen molar-refractivity contribution in [2.45, 2.75) is 26.0 Å². The second-order valence-corrected chi connectivity index (χ2v) is 6.22. The van der Waals surface area contributed by atoms with Crippen molar-refractivity contribution in [1.82, 2.24) is 19.3 Å². The van der Waals surface area contributed by atoms with E-state index in [4.69, 9.17) is 17.5 Å². The first-order chi connectivity index (χ1) is 12.7. The molecular formula is C17H17ClN4O4. The summed E-state index contributed by atoms with van der Waals surface area (Å²) in [6.45, 7) is 1.46. The smallest absolute Gasteiger partial charge is 0.331 e. The number of aryl methyl sites for hydroxylation is 1. The Morgan fingerprint density at radius 1 is 1.35 bits per heavy atom. The number of hydrogen-bond donors (Lipinski definition) is 1. The molecule has 0 aliphatic carbocycles. The normalized spacial score (nSPS) is 14.1. The number of aliphatic hydroxyl groups is 1. The van der Waals surface area contributed by atoms with Crippen LogP contribution in [0.5, 0.6) is 0 Å². The SMILES string of the molecule is [2H][C@](O)(Cc1noc(Cn2c(=O)cc(C)n(C)c2=O)n1)c1ccc(Cl)cc1. The third-order valence-corrected chi connectivity index (χ3v) is 4.20. The topological polar surface area (TPSA) is 103 Å². The van der Waals surface area contributed by atoms with Crippen LogP contribution in [0.2, 0.25) is 5.02 Å². The number of benzene rings is 1. The molecule has 0 spiro atoms. The maximum Gasteiger partial charge on any atom is 0.331 e. The van der Waals surface area contributed by atoms with Gasteiger partial charge in [-0.1, -0.05) is 28.9 Å². The first kappa shape index (κ1) is 16.7. The average molecular weight is 378 g/mol. The second-order valence-electron chi connectivity index (χ2n) is 5.79. The van der Waals surface area contributed by atoms with Crippen LogP contribution in [0, 0.1) is 6.92 Å². The van der Waals surface area contributed by atoms with Crippen LogP contribution in [0.1, 0.15) is 30.4 Å². The van der Waals surface area contributed by atoms with E-state index in [9.17, 15) is 14.7 Å². The lowest BCUT2D eigenvalue weighted by Crippen LogP contribution is -2.39. The highest BCUT2D eigenvalue weighted by atomic mass is 35.5. The van der Waals surface area contributed by atoms with Gasteiger partial charge >= 0.3 is 5.69 Å². The molecule has 0 saturated carbocycles. The third kappa shape index (κ3) is 3.76. The van der Waals surface area contributed by atoms with Crippen LogP contribution >= 0.6 is 11.6 Å². The van der Waals surface area contributed by atoms with E-state index in [1.54, 1.807) is 26.1 Å². The predicted molar refractivity (Wildman–Crippen MR) is 94.2 cm³/mol. The van der Waals surface area contributed by atoms with E-state index in [0.29, 0.717) is 16.3 Å². The summed E-state index contributed by atoms with van der Waals surface area (Å²) in [5.41, 5.74) is -0.122. The van der Waals surface area contributed by atoms with Crippen LogP contribution in [0.4, 0.5) is 0 Å². The molecule has 2 heterocycles. The fraction of sp³-hybridized carbons (Fsp3) is 0.294. The quantitative estimate of drug-likeness (QED) is 0.717. The summed E-state index contributed by atoms with van der Waals surface area (Å²) in [6.07, 6.45) is -2.22. The fourth-order valence-electron chi connectivity index (χ4n) is 2.38. The van der Waals surface area contributed by atoms with Gasteiger partial charge in [0.2, 0.25) is 5.89 Å². The lowest BCUT2D eigenvalue weighted by Gasteiger charge is -2.08. The minimum atomic E-state index is -1.98. The molecule has 2 aromatic heterocycles. The van der Waals surface area contributed by atoms with E-state index in [0.717, 1.165) is 4.57 Å². The maximum atomic E-state index is 12.2. The molecule has 1 N–H and O–H groups in total. The average Bonchev–Trinajstić information content (AvgIpc) is 3.03. The molecule has 0 saturated heterocycles. The summed E-state index contributed by atoms with van der Waals surface area (Å²) in [5.74, 6) is 0.106. The predicted octanol–water partition coefficient (Wildman–Crippen LogP) is 1.22. The van der Waals surface area contributed by atoms with Crippen LogP contribution in [-0.4, -0.2) is 24.4 Å². The molecule has 3 aromatic rings. The van der Waals surface area contributed by atoms with Crippen molar-refractivity contribution in [2.24, 2.45) is 7.05 Å². The van der Waals surface area contributed by atoms with Gasteiger partial charge in [0.15, 0.2) is 5.82 Å². The largest absolute Gasteiger partial charge is 0.388 e. The second kappa shape index (κ2) is 7.27. The van der Waals surface area contributed by atoms with Crippen molar-refractivity contribution < 1.29 is 11.0 Å². The molecule has 1 aromatic carbocycles. The number of nitrogens with zero attached hydrogens (tertiary/aromatic N) is 4. The van der Waals surface area contributed by atoms with E-state index in [1.165, 1.54) is 22.8 Å². The van der Waals surface area contributed by atoms with Crippen molar-refractivity contribution in [2.75, 3.05) is 0 Å². The monoisotopic (exact) mass is 377 g/mol. The van der Waals surface area contributed by atoms with Gasteiger partial charge in [-0.3, -0.25) is 9.36 Å². The lowest BCUT2D eigenvalue weighted by molar-refractivity contribution is 0.174. The van der Waals surface area contributed by atoms with E-state index >= 15 is 0 Å². The van der Waals surface area contributed by atoms with Gasteiger partial charge < -0.3 is 14.2 Å². The van der Waals surface area contributed by atoms with Gasteiger partial charge in [0.05, 0.1) is 7.45 Å². The summed E-state index contributed by atoms with van der Waals surface area (Å²) < 4.78 is 15.5. The summed E-state index contributed by atoms with van der Waals surface area (Å²) in [4.78, 5) is 28.3. The lowest BCUT2D eigenvalue weighted by atomic mass is 10.1. The highest BCUT2D eigenvalue weighted by molar-refractivity contribution is 6.30. The van der Waals surface area contributed by atoms with Crippen molar-refractivity contribution in [1.29, 1.82) is 0 Å². The van der Waals surface area contributed by atoms with Crippen LogP contribution < -0.4 is 11.2 Å². The first-order valence-electron chi connectivity index (χ1n) is 8.25. The van der Waals surface area contributed by atoms with Gasteiger partial charge in [0, 0.05) is 30.3 Å². The van der Waals surface area contributed by atoms with Gasteiger partial charge in [0.1, 0.15) is 6.54 Å². The molecular weight excluding hydrogens is 360 g/mol. The van der Waals surface area contributed by atoms with Gasteiger partial charge in [-0.2, -0.15) is 4.98 Å². The molecule has 26 heavy (non-hydrogen) atoms. The van der Waals surface area contributed by atoms with E-state index < -0.39 is 17.3 Å². The maximum absolute atomic E-state index is 12.2. The summed E-state index contributed by atoms with van der Waals surface area (Å²) in [5, 5.41) is 14.6. The highest BCUT2D eigenvalue weighted by Crippen LogP contribution is 2.19. The molecule has 0 radical (unpaired) electrons. The summed E-state index contributed by atoms with van der Waals surface area (Å²) in [6, 6.07) is 7.54. The van der Waals surface area contributed by atoms with Crippen molar-refractivity contribution in [3.05, 3.63) is 79.2 Å².